The number of nitrogens with zero attached hydrogens (tertiary/aromatic N) is 4. The Labute approximate surface area is 225 Å². The fraction of sp³-hybridized carbons (Fsp3) is 0.619. The molecule has 9 N–H and O–H groups in total. The van der Waals surface area contributed by atoms with Crippen LogP contribution in [0.2, 0.25) is 0 Å². The molecule has 0 fully saturated rings. The van der Waals surface area contributed by atoms with Crippen LogP contribution in [0.4, 0.5) is 17.1 Å². The molecule has 19 heteroatoms. The Kier molecular flexibility index (Phi) is 15.1. The summed E-state index contributed by atoms with van der Waals surface area (Å²) in [4.78, 5) is 35.1. The smallest absolute Gasteiger partial charge is 0.292 e. The van der Waals surface area contributed by atoms with Crippen molar-refractivity contribution in [2.75, 3.05) is 31.7 Å². The van der Waals surface area contributed by atoms with E-state index in [0.717, 1.165) is 12.1 Å². The average molecular weight is 578 g/mol. The molecule has 0 saturated carbocycles. The summed E-state index contributed by atoms with van der Waals surface area (Å²) in [6.45, 7) is -3.27. The second kappa shape index (κ2) is 17.4. The number of ether oxygens (including phenoxy) is 2. The molecule has 0 aliphatic rings. The van der Waals surface area contributed by atoms with Crippen molar-refractivity contribution in [3.63, 3.8) is 0 Å². The molecule has 9 atom stereocenters. The highest BCUT2D eigenvalue weighted by Gasteiger charge is 2.35. The number of aldehydes is 2. The van der Waals surface area contributed by atoms with E-state index in [9.17, 15) is 60.6 Å². The summed E-state index contributed by atoms with van der Waals surface area (Å²) in [7, 11) is 0. The van der Waals surface area contributed by atoms with E-state index in [4.69, 9.17) is 15.0 Å². The highest BCUT2D eigenvalue weighted by Crippen LogP contribution is 2.30. The fourth-order valence-corrected chi connectivity index (χ4v) is 3.34. The van der Waals surface area contributed by atoms with Crippen LogP contribution in [0, 0.1) is 10.1 Å². The third-order valence-corrected chi connectivity index (χ3v) is 5.46. The van der Waals surface area contributed by atoms with Crippen LogP contribution in [0.5, 0.6) is 0 Å². The quantitative estimate of drug-likeness (QED) is 0.0182. The molecule has 0 aliphatic heterocycles. The lowest BCUT2D eigenvalue weighted by molar-refractivity contribution is -0.383. The van der Waals surface area contributed by atoms with Gasteiger partial charge in [-0.3, -0.25) is 10.1 Å². The van der Waals surface area contributed by atoms with Crippen molar-refractivity contribution in [3.05, 3.63) is 38.8 Å². The molecule has 1 aromatic carbocycles. The molecule has 224 valence electrons. The first-order chi connectivity index (χ1) is 18.9. The van der Waals surface area contributed by atoms with Gasteiger partial charge >= 0.3 is 0 Å². The van der Waals surface area contributed by atoms with Gasteiger partial charge in [-0.05, 0) is 11.6 Å². The van der Waals surface area contributed by atoms with Gasteiger partial charge in [-0.15, -0.1) is 0 Å². The number of aliphatic hydroxyl groups is 8. The van der Waals surface area contributed by atoms with E-state index in [1.807, 2.05) is 0 Å². The molecular weight excluding hydrogens is 546 g/mol. The first-order valence-corrected chi connectivity index (χ1v) is 11.5. The highest BCUT2D eigenvalue weighted by molar-refractivity contribution is 5.67. The molecule has 0 saturated heterocycles. The van der Waals surface area contributed by atoms with E-state index < -0.39 is 91.9 Å². The number of hydrogen-bond donors (Lipinski definition) is 9. The van der Waals surface area contributed by atoms with E-state index in [2.05, 4.69) is 15.3 Å². The summed E-state index contributed by atoms with van der Waals surface area (Å²) >= 11 is 0. The van der Waals surface area contributed by atoms with E-state index in [1.54, 1.807) is 0 Å². The molecule has 0 aromatic heterocycles. The maximum atomic E-state index is 11.6. The highest BCUT2D eigenvalue weighted by atomic mass is 16.6. The van der Waals surface area contributed by atoms with Crippen LogP contribution in [-0.4, -0.2) is 140 Å². The van der Waals surface area contributed by atoms with Crippen molar-refractivity contribution >= 4 is 29.6 Å². The second-order valence-corrected chi connectivity index (χ2v) is 8.32. The first-order valence-electron chi connectivity index (χ1n) is 11.5. The van der Waals surface area contributed by atoms with E-state index in [-0.39, 0.29) is 23.9 Å². The Balaban J connectivity index is 3.37. The van der Waals surface area contributed by atoms with Gasteiger partial charge in [0.05, 0.1) is 37.4 Å². The largest absolute Gasteiger partial charge is 0.394 e. The first kappa shape index (κ1) is 34.7. The maximum Gasteiger partial charge on any atom is 0.292 e. The summed E-state index contributed by atoms with van der Waals surface area (Å²) in [6, 6.07) is 2.02. The Morgan fingerprint density at radius 3 is 1.80 bits per heavy atom. The van der Waals surface area contributed by atoms with Gasteiger partial charge in [0, 0.05) is 16.7 Å². The molecule has 0 bridgehead atoms. The van der Waals surface area contributed by atoms with Gasteiger partial charge in [-0.1, -0.05) is 11.2 Å². The number of aliphatic hydroxyl groups excluding tert-OH is 8. The third-order valence-electron chi connectivity index (χ3n) is 5.46. The number of anilines is 1. The average Bonchev–Trinajstić information content (AvgIpc) is 2.95. The minimum Gasteiger partial charge on any atom is -0.394 e. The fourth-order valence-electron chi connectivity index (χ4n) is 3.34. The standard InChI is InChI=1S/C21H31N5O14/c22-25-24-10-1-2-12(13(3-10)26(37)38)23-11(8-39-20(16(33)6-29)18(35)14(31)4-27)9-40-21(17(34)7-30)19(36)15(32)5-28/h1-5,11,14-21,23,29-36H,6-9H2/t11?,14-,15-,16-,17-,18-,19-,20-,21+/m1/s1. The Hall–Kier alpha value is -3.33. The van der Waals surface area contributed by atoms with Crippen LogP contribution in [0.1, 0.15) is 0 Å². The lowest BCUT2D eigenvalue weighted by Gasteiger charge is -2.32. The van der Waals surface area contributed by atoms with Gasteiger partial charge in [0.25, 0.3) is 5.69 Å². The molecule has 0 spiro atoms. The number of nitro groups is 1. The molecule has 1 rings (SSSR count). The number of benzene rings is 1. The Morgan fingerprint density at radius 2 is 1.43 bits per heavy atom. The molecule has 0 aliphatic carbocycles. The van der Waals surface area contributed by atoms with Gasteiger partial charge in [0.1, 0.15) is 54.5 Å². The van der Waals surface area contributed by atoms with Crippen molar-refractivity contribution in [2.45, 2.75) is 54.9 Å². The predicted octanol–water partition coefficient (Wildman–Crippen LogP) is -3.36. The molecular formula is C21H31N5O14. The third kappa shape index (κ3) is 10.0. The van der Waals surface area contributed by atoms with Crippen molar-refractivity contribution in [1.29, 1.82) is 0 Å². The summed E-state index contributed by atoms with van der Waals surface area (Å²) < 4.78 is 10.8. The van der Waals surface area contributed by atoms with Crippen molar-refractivity contribution in [3.8, 4) is 0 Å². The van der Waals surface area contributed by atoms with Crippen LogP contribution in [0.15, 0.2) is 23.3 Å². The molecule has 0 amide bonds. The van der Waals surface area contributed by atoms with Crippen LogP contribution in [0.3, 0.4) is 0 Å². The van der Waals surface area contributed by atoms with Gasteiger partial charge in [0.2, 0.25) is 0 Å². The minimum absolute atomic E-state index is 0.0563. The lowest BCUT2D eigenvalue weighted by Crippen LogP contribution is -2.51. The van der Waals surface area contributed by atoms with E-state index in [1.165, 1.54) is 6.07 Å². The number of carbonyl (C=O) groups is 2. The van der Waals surface area contributed by atoms with Crippen molar-refractivity contribution < 1.29 is 64.8 Å². The predicted molar refractivity (Wildman–Crippen MR) is 131 cm³/mol. The molecule has 1 aromatic rings. The Morgan fingerprint density at radius 1 is 0.950 bits per heavy atom. The topological polar surface area (TPSA) is 318 Å². The van der Waals surface area contributed by atoms with Crippen molar-refractivity contribution in [2.24, 2.45) is 5.11 Å². The van der Waals surface area contributed by atoms with Gasteiger partial charge in [0.15, 0.2) is 12.6 Å². The van der Waals surface area contributed by atoms with Crippen LogP contribution < -0.4 is 5.32 Å². The lowest BCUT2D eigenvalue weighted by atomic mass is 10.0. The minimum atomic E-state index is -2.03. The van der Waals surface area contributed by atoms with E-state index >= 15 is 0 Å². The summed E-state index contributed by atoms with van der Waals surface area (Å²) in [5.41, 5.74) is 7.67. The summed E-state index contributed by atoms with van der Waals surface area (Å²) in [5, 5.41) is 95.7. The zero-order valence-corrected chi connectivity index (χ0v) is 20.7. The van der Waals surface area contributed by atoms with E-state index in [0.29, 0.717) is 0 Å². The number of rotatable bonds is 20. The molecule has 19 nitrogen and oxygen atoms in total. The monoisotopic (exact) mass is 577 g/mol. The molecule has 1 unspecified atom stereocenters. The van der Waals surface area contributed by atoms with Crippen LogP contribution in [-0.2, 0) is 19.1 Å². The SMILES string of the molecule is [N-]=[N+]=Nc1ccc(NC(CO[C@H]([C@H](O)[C@H](O)C=O)[C@H](O)CO)CO[C@@H]([C@H](O)[C@H](O)C=O)[C@H](O)CO)c([N+](=O)[O-])c1. The summed E-state index contributed by atoms with van der Waals surface area (Å²) in [6.07, 6.45) is -15.5. The molecule has 0 heterocycles. The van der Waals surface area contributed by atoms with Gasteiger partial charge in [-0.25, -0.2) is 0 Å². The molecule has 0 radical (unpaired) electrons. The number of nitro benzene ring substituents is 1. The zero-order chi connectivity index (χ0) is 30.4. The second-order valence-electron chi connectivity index (χ2n) is 8.32. The number of nitrogens with one attached hydrogen (secondary N) is 1. The van der Waals surface area contributed by atoms with Gasteiger partial charge in [-0.2, -0.15) is 0 Å². The maximum absolute atomic E-state index is 11.6. The number of hydrogen-bond acceptors (Lipinski definition) is 16. The Bertz CT molecular complexity index is 974. The van der Waals surface area contributed by atoms with Gasteiger partial charge < -0.3 is 65.2 Å². The normalized spacial score (nSPS) is 18.1. The summed E-state index contributed by atoms with van der Waals surface area (Å²) in [5.74, 6) is 0. The zero-order valence-electron chi connectivity index (χ0n) is 20.7. The number of carbonyl (C=O) groups excluding carboxylic acids is 2. The molecule has 40 heavy (non-hydrogen) atoms. The number of azide groups is 1. The van der Waals surface area contributed by atoms with Crippen LogP contribution in [0.25, 0.3) is 10.4 Å². The van der Waals surface area contributed by atoms with Crippen molar-refractivity contribution in [1.82, 2.24) is 0 Å². The van der Waals surface area contributed by atoms with Crippen LogP contribution >= 0.6 is 0 Å².